The van der Waals surface area contributed by atoms with E-state index in [1.807, 2.05) is 15.9 Å². The number of carbonyl (C=O) groups excluding carboxylic acids is 1. The lowest BCUT2D eigenvalue weighted by atomic mass is 10.0. The van der Waals surface area contributed by atoms with Gasteiger partial charge in [-0.05, 0) is 31.5 Å². The number of nitrogens with one attached hydrogen (secondary N) is 1. The van der Waals surface area contributed by atoms with Crippen molar-refractivity contribution >= 4 is 36.4 Å². The van der Waals surface area contributed by atoms with Crippen LogP contribution in [0.5, 0.6) is 0 Å². The highest BCUT2D eigenvalue weighted by molar-refractivity contribution is 5.85. The third-order valence-corrected chi connectivity index (χ3v) is 4.39. The smallest absolute Gasteiger partial charge is 0.239 e. The summed E-state index contributed by atoms with van der Waals surface area (Å²) < 4.78 is 13.8. The molecule has 0 radical (unpaired) electrons. The number of piperazine rings is 1. The van der Waals surface area contributed by atoms with Gasteiger partial charge in [-0.2, -0.15) is 0 Å². The third-order valence-electron chi connectivity index (χ3n) is 4.39. The number of nitrogens with zero attached hydrogens (tertiary/aromatic N) is 2. The SMILES string of the molecule is Cl.Cl.O=C(C1CCCCN1)N1CCN(c2ccccc2F)CC1. The first-order chi connectivity index (χ1) is 10.3. The standard InChI is InChI=1S/C16H22FN3O.2ClH/c17-13-5-1-2-7-15(13)19-9-11-20(12-10-19)16(21)14-6-3-4-8-18-14;;/h1-2,5,7,14,18H,3-4,6,8-12H2;2*1H. The molecular weight excluding hydrogens is 340 g/mol. The molecule has 2 aliphatic heterocycles. The minimum absolute atomic E-state index is 0. The molecule has 7 heteroatoms. The Hall–Kier alpha value is -1.04. The summed E-state index contributed by atoms with van der Waals surface area (Å²) in [4.78, 5) is 16.4. The molecule has 0 aromatic heterocycles. The van der Waals surface area contributed by atoms with E-state index in [9.17, 15) is 9.18 Å². The average Bonchev–Trinajstić information content (AvgIpc) is 2.56. The van der Waals surface area contributed by atoms with Crippen molar-refractivity contribution in [3.8, 4) is 0 Å². The zero-order valence-corrected chi connectivity index (χ0v) is 14.7. The molecule has 2 aliphatic rings. The number of benzene rings is 1. The van der Waals surface area contributed by atoms with E-state index in [0.717, 1.165) is 25.8 Å². The van der Waals surface area contributed by atoms with Gasteiger partial charge in [0.1, 0.15) is 5.82 Å². The fourth-order valence-electron chi connectivity index (χ4n) is 3.16. The molecule has 0 bridgehead atoms. The molecule has 1 unspecified atom stereocenters. The maximum absolute atomic E-state index is 13.8. The number of para-hydroxylation sites is 1. The first-order valence-corrected chi connectivity index (χ1v) is 7.77. The Balaban J connectivity index is 0.00000132. The maximum Gasteiger partial charge on any atom is 0.239 e. The van der Waals surface area contributed by atoms with Crippen molar-refractivity contribution in [1.29, 1.82) is 0 Å². The lowest BCUT2D eigenvalue weighted by Gasteiger charge is -2.38. The van der Waals surface area contributed by atoms with Gasteiger partial charge in [0, 0.05) is 26.2 Å². The molecule has 0 saturated carbocycles. The molecule has 1 aromatic carbocycles. The Labute approximate surface area is 149 Å². The molecule has 1 N–H and O–H groups in total. The van der Waals surface area contributed by atoms with Gasteiger partial charge in [-0.15, -0.1) is 24.8 Å². The molecule has 3 rings (SSSR count). The Morgan fingerprint density at radius 1 is 1.09 bits per heavy atom. The van der Waals surface area contributed by atoms with Crippen LogP contribution in [0.2, 0.25) is 0 Å². The van der Waals surface area contributed by atoms with E-state index < -0.39 is 0 Å². The summed E-state index contributed by atoms with van der Waals surface area (Å²) in [6.07, 6.45) is 3.22. The predicted octanol–water partition coefficient (Wildman–Crippen LogP) is 2.46. The lowest BCUT2D eigenvalue weighted by Crippen LogP contribution is -2.55. The van der Waals surface area contributed by atoms with Gasteiger partial charge in [0.15, 0.2) is 0 Å². The van der Waals surface area contributed by atoms with Gasteiger partial charge < -0.3 is 15.1 Å². The molecule has 2 saturated heterocycles. The lowest BCUT2D eigenvalue weighted by molar-refractivity contribution is -0.134. The first kappa shape index (κ1) is 20.0. The summed E-state index contributed by atoms with van der Waals surface area (Å²) in [5.41, 5.74) is 0.639. The van der Waals surface area contributed by atoms with Crippen LogP contribution in [0.3, 0.4) is 0 Å². The van der Waals surface area contributed by atoms with Crippen LogP contribution in [0.25, 0.3) is 0 Å². The summed E-state index contributed by atoms with van der Waals surface area (Å²) in [6.45, 7) is 3.67. The number of hydrogen-bond donors (Lipinski definition) is 1. The molecule has 1 aromatic rings. The van der Waals surface area contributed by atoms with Gasteiger partial charge in [-0.25, -0.2) is 4.39 Å². The first-order valence-electron chi connectivity index (χ1n) is 7.77. The normalized spacial score (nSPS) is 21.2. The van der Waals surface area contributed by atoms with E-state index in [2.05, 4.69) is 5.32 Å². The van der Waals surface area contributed by atoms with Crippen molar-refractivity contribution in [2.24, 2.45) is 0 Å². The number of hydrogen-bond acceptors (Lipinski definition) is 3. The highest BCUT2D eigenvalue weighted by Crippen LogP contribution is 2.20. The van der Waals surface area contributed by atoms with Gasteiger partial charge in [0.25, 0.3) is 0 Å². The Morgan fingerprint density at radius 3 is 2.39 bits per heavy atom. The predicted molar refractivity (Wildman–Crippen MR) is 95.3 cm³/mol. The maximum atomic E-state index is 13.8. The molecule has 130 valence electrons. The molecule has 0 aliphatic carbocycles. The largest absolute Gasteiger partial charge is 0.366 e. The molecule has 2 fully saturated rings. The van der Waals surface area contributed by atoms with Crippen LogP contribution in [0.4, 0.5) is 10.1 Å². The van der Waals surface area contributed by atoms with Crippen LogP contribution in [0, 0.1) is 5.82 Å². The van der Waals surface area contributed by atoms with E-state index in [4.69, 9.17) is 0 Å². The van der Waals surface area contributed by atoms with E-state index in [0.29, 0.717) is 31.9 Å². The fraction of sp³-hybridized carbons (Fsp3) is 0.562. The molecule has 4 nitrogen and oxygen atoms in total. The Kier molecular flexibility index (Phi) is 8.09. The van der Waals surface area contributed by atoms with Crippen LogP contribution in [0.1, 0.15) is 19.3 Å². The van der Waals surface area contributed by atoms with Crippen LogP contribution < -0.4 is 10.2 Å². The monoisotopic (exact) mass is 363 g/mol. The second kappa shape index (κ2) is 9.30. The topological polar surface area (TPSA) is 35.6 Å². The quantitative estimate of drug-likeness (QED) is 0.876. The van der Waals surface area contributed by atoms with E-state index in [1.165, 1.54) is 6.07 Å². The zero-order valence-electron chi connectivity index (χ0n) is 13.0. The second-order valence-electron chi connectivity index (χ2n) is 5.77. The molecule has 2 heterocycles. The van der Waals surface area contributed by atoms with Gasteiger partial charge in [0.2, 0.25) is 5.91 Å². The van der Waals surface area contributed by atoms with E-state index >= 15 is 0 Å². The van der Waals surface area contributed by atoms with Gasteiger partial charge >= 0.3 is 0 Å². The summed E-state index contributed by atoms with van der Waals surface area (Å²) in [5, 5.41) is 3.30. The number of piperidine rings is 1. The zero-order chi connectivity index (χ0) is 14.7. The van der Waals surface area contributed by atoms with Crippen LogP contribution in [-0.2, 0) is 4.79 Å². The van der Waals surface area contributed by atoms with Crippen molar-refractivity contribution < 1.29 is 9.18 Å². The number of anilines is 1. The van der Waals surface area contributed by atoms with Crippen molar-refractivity contribution in [1.82, 2.24) is 10.2 Å². The molecule has 23 heavy (non-hydrogen) atoms. The van der Waals surface area contributed by atoms with Crippen molar-refractivity contribution in [2.45, 2.75) is 25.3 Å². The highest BCUT2D eigenvalue weighted by Gasteiger charge is 2.28. The summed E-state index contributed by atoms with van der Waals surface area (Å²) >= 11 is 0. The molecular formula is C16H24Cl2FN3O. The summed E-state index contributed by atoms with van der Waals surface area (Å²) in [6, 6.07) is 6.82. The van der Waals surface area contributed by atoms with Crippen molar-refractivity contribution in [3.63, 3.8) is 0 Å². The summed E-state index contributed by atoms with van der Waals surface area (Å²) in [5.74, 6) is 0.0223. The molecule has 0 spiro atoms. The minimum Gasteiger partial charge on any atom is -0.366 e. The van der Waals surface area contributed by atoms with Crippen LogP contribution in [-0.4, -0.2) is 49.6 Å². The van der Waals surface area contributed by atoms with Gasteiger partial charge in [-0.1, -0.05) is 18.6 Å². The Bertz CT molecular complexity index is 504. The van der Waals surface area contributed by atoms with Crippen molar-refractivity contribution in [3.05, 3.63) is 30.1 Å². The number of carbonyl (C=O) groups is 1. The van der Waals surface area contributed by atoms with Gasteiger partial charge in [0.05, 0.1) is 11.7 Å². The number of halogens is 3. The van der Waals surface area contributed by atoms with Crippen molar-refractivity contribution in [2.75, 3.05) is 37.6 Å². The third kappa shape index (κ3) is 4.72. The summed E-state index contributed by atoms with van der Waals surface area (Å²) in [7, 11) is 0. The van der Waals surface area contributed by atoms with Crippen LogP contribution in [0.15, 0.2) is 24.3 Å². The molecule has 1 amide bonds. The number of amides is 1. The second-order valence-corrected chi connectivity index (χ2v) is 5.77. The van der Waals surface area contributed by atoms with Gasteiger partial charge in [-0.3, -0.25) is 4.79 Å². The number of rotatable bonds is 2. The highest BCUT2D eigenvalue weighted by atomic mass is 35.5. The van der Waals surface area contributed by atoms with E-state index in [1.54, 1.807) is 12.1 Å². The van der Waals surface area contributed by atoms with Crippen LogP contribution >= 0.6 is 24.8 Å². The Morgan fingerprint density at radius 2 is 1.78 bits per heavy atom. The fourth-order valence-corrected chi connectivity index (χ4v) is 3.16. The molecule has 1 atom stereocenters. The van der Waals surface area contributed by atoms with E-state index in [-0.39, 0.29) is 42.6 Å². The average molecular weight is 364 g/mol. The minimum atomic E-state index is -0.189.